The number of nitrogens with zero attached hydrogens (tertiary/aromatic N) is 1. The zero-order chi connectivity index (χ0) is 18.0. The number of benzene rings is 2. The SMILES string of the molecule is Cc1ccc(C(=O)Nc2cccc(S(=O)(=O)N3CCCC3)c2)cc1C. The fourth-order valence-electron chi connectivity index (χ4n) is 2.90. The molecule has 1 aliphatic rings. The number of hydrogen-bond acceptors (Lipinski definition) is 3. The highest BCUT2D eigenvalue weighted by molar-refractivity contribution is 7.89. The average Bonchev–Trinajstić information content (AvgIpc) is 3.13. The Hall–Kier alpha value is -2.18. The van der Waals surface area contributed by atoms with Gasteiger partial charge in [-0.1, -0.05) is 12.1 Å². The highest BCUT2D eigenvalue weighted by Crippen LogP contribution is 2.23. The van der Waals surface area contributed by atoms with E-state index >= 15 is 0 Å². The molecular weight excluding hydrogens is 336 g/mol. The fraction of sp³-hybridized carbons (Fsp3) is 0.316. The van der Waals surface area contributed by atoms with E-state index < -0.39 is 10.0 Å². The number of sulfonamides is 1. The molecule has 0 aliphatic carbocycles. The van der Waals surface area contributed by atoms with Crippen molar-refractivity contribution in [3.8, 4) is 0 Å². The van der Waals surface area contributed by atoms with Crippen molar-refractivity contribution in [1.82, 2.24) is 4.31 Å². The number of rotatable bonds is 4. The summed E-state index contributed by atoms with van der Waals surface area (Å²) in [6.45, 7) is 5.06. The van der Waals surface area contributed by atoms with Crippen molar-refractivity contribution in [2.24, 2.45) is 0 Å². The molecule has 25 heavy (non-hydrogen) atoms. The highest BCUT2D eigenvalue weighted by Gasteiger charge is 2.27. The Balaban J connectivity index is 1.82. The molecule has 3 rings (SSSR count). The maximum Gasteiger partial charge on any atom is 0.255 e. The van der Waals surface area contributed by atoms with E-state index in [1.54, 1.807) is 24.3 Å². The minimum Gasteiger partial charge on any atom is -0.322 e. The summed E-state index contributed by atoms with van der Waals surface area (Å²) in [6, 6.07) is 11.9. The summed E-state index contributed by atoms with van der Waals surface area (Å²) in [5, 5.41) is 2.79. The Morgan fingerprint density at radius 2 is 1.72 bits per heavy atom. The molecule has 5 nitrogen and oxygen atoms in total. The van der Waals surface area contributed by atoms with Crippen LogP contribution in [0.2, 0.25) is 0 Å². The van der Waals surface area contributed by atoms with Gasteiger partial charge in [-0.25, -0.2) is 8.42 Å². The number of anilines is 1. The summed E-state index contributed by atoms with van der Waals surface area (Å²) in [7, 11) is -3.49. The maximum atomic E-state index is 12.6. The molecule has 0 spiro atoms. The van der Waals surface area contributed by atoms with Gasteiger partial charge < -0.3 is 5.32 Å². The van der Waals surface area contributed by atoms with Crippen LogP contribution in [-0.2, 0) is 10.0 Å². The van der Waals surface area contributed by atoms with Gasteiger partial charge in [0.2, 0.25) is 10.0 Å². The number of carbonyl (C=O) groups excluding carboxylic acids is 1. The Bertz CT molecular complexity index is 901. The summed E-state index contributed by atoms with van der Waals surface area (Å²) in [4.78, 5) is 12.6. The van der Waals surface area contributed by atoms with E-state index in [1.807, 2.05) is 26.0 Å². The van der Waals surface area contributed by atoms with Crippen molar-refractivity contribution < 1.29 is 13.2 Å². The van der Waals surface area contributed by atoms with Crippen LogP contribution in [0.25, 0.3) is 0 Å². The minimum atomic E-state index is -3.49. The van der Waals surface area contributed by atoms with Gasteiger partial charge >= 0.3 is 0 Å². The van der Waals surface area contributed by atoms with Crippen molar-refractivity contribution >= 4 is 21.6 Å². The van der Waals surface area contributed by atoms with Crippen molar-refractivity contribution in [2.75, 3.05) is 18.4 Å². The van der Waals surface area contributed by atoms with Gasteiger partial charge in [0.1, 0.15) is 0 Å². The van der Waals surface area contributed by atoms with Gasteiger partial charge in [-0.3, -0.25) is 4.79 Å². The van der Waals surface area contributed by atoms with Crippen LogP contribution in [0.15, 0.2) is 47.4 Å². The van der Waals surface area contributed by atoms with E-state index in [0.29, 0.717) is 24.3 Å². The molecule has 2 aromatic carbocycles. The first kappa shape index (κ1) is 17.6. The Labute approximate surface area is 148 Å². The zero-order valence-electron chi connectivity index (χ0n) is 14.5. The summed E-state index contributed by atoms with van der Waals surface area (Å²) in [6.07, 6.45) is 1.78. The van der Waals surface area contributed by atoms with Gasteiger partial charge in [0, 0.05) is 24.3 Å². The third-order valence-electron chi connectivity index (χ3n) is 4.56. The predicted octanol–water partition coefficient (Wildman–Crippen LogP) is 3.34. The second kappa shape index (κ2) is 6.98. The molecule has 1 N–H and O–H groups in total. The molecule has 1 amide bonds. The van der Waals surface area contributed by atoms with Crippen molar-refractivity contribution in [3.63, 3.8) is 0 Å². The van der Waals surface area contributed by atoms with E-state index in [4.69, 9.17) is 0 Å². The first-order valence-corrected chi connectivity index (χ1v) is 9.81. The van der Waals surface area contributed by atoms with Gasteiger partial charge in [0.15, 0.2) is 0 Å². The molecule has 1 fully saturated rings. The molecule has 132 valence electrons. The minimum absolute atomic E-state index is 0.215. The number of hydrogen-bond donors (Lipinski definition) is 1. The van der Waals surface area contributed by atoms with E-state index in [2.05, 4.69) is 5.32 Å². The van der Waals surface area contributed by atoms with Crippen LogP contribution >= 0.6 is 0 Å². The lowest BCUT2D eigenvalue weighted by molar-refractivity contribution is 0.102. The second-order valence-corrected chi connectivity index (χ2v) is 8.33. The first-order valence-electron chi connectivity index (χ1n) is 8.37. The van der Waals surface area contributed by atoms with Crippen molar-refractivity contribution in [2.45, 2.75) is 31.6 Å². The van der Waals surface area contributed by atoms with Crippen LogP contribution in [0.4, 0.5) is 5.69 Å². The standard InChI is InChI=1S/C19H22N2O3S/c1-14-8-9-16(12-15(14)2)19(22)20-17-6-5-7-18(13-17)25(23,24)21-10-3-4-11-21/h5-9,12-13H,3-4,10-11H2,1-2H3,(H,20,22). The molecule has 0 saturated carbocycles. The largest absolute Gasteiger partial charge is 0.322 e. The maximum absolute atomic E-state index is 12.6. The number of aryl methyl sites for hydroxylation is 2. The molecule has 1 aliphatic heterocycles. The monoisotopic (exact) mass is 358 g/mol. The number of amides is 1. The molecule has 0 atom stereocenters. The summed E-state index contributed by atoms with van der Waals surface area (Å²) in [5.74, 6) is -0.251. The number of nitrogens with one attached hydrogen (secondary N) is 1. The smallest absolute Gasteiger partial charge is 0.255 e. The molecule has 0 radical (unpaired) electrons. The molecule has 6 heteroatoms. The van der Waals surface area contributed by atoms with Gasteiger partial charge in [-0.05, 0) is 68.1 Å². The summed E-state index contributed by atoms with van der Waals surface area (Å²) >= 11 is 0. The van der Waals surface area contributed by atoms with Crippen LogP contribution in [0.3, 0.4) is 0 Å². The quantitative estimate of drug-likeness (QED) is 0.911. The topological polar surface area (TPSA) is 66.5 Å². The van der Waals surface area contributed by atoms with Crippen LogP contribution in [0.5, 0.6) is 0 Å². The Morgan fingerprint density at radius 3 is 2.40 bits per heavy atom. The molecule has 0 bridgehead atoms. The van der Waals surface area contributed by atoms with E-state index in [0.717, 1.165) is 24.0 Å². The van der Waals surface area contributed by atoms with Crippen LogP contribution in [0.1, 0.15) is 34.3 Å². The predicted molar refractivity (Wildman–Crippen MR) is 98.3 cm³/mol. The van der Waals surface area contributed by atoms with Gasteiger partial charge in [-0.2, -0.15) is 4.31 Å². The molecule has 2 aromatic rings. The third kappa shape index (κ3) is 3.75. The number of carbonyl (C=O) groups is 1. The molecule has 0 aromatic heterocycles. The lowest BCUT2D eigenvalue weighted by Crippen LogP contribution is -2.27. The molecule has 1 heterocycles. The van der Waals surface area contributed by atoms with Gasteiger partial charge in [0.05, 0.1) is 4.90 Å². The van der Waals surface area contributed by atoms with Crippen molar-refractivity contribution in [3.05, 3.63) is 59.2 Å². The van der Waals surface area contributed by atoms with E-state index in [9.17, 15) is 13.2 Å². The summed E-state index contributed by atoms with van der Waals surface area (Å²) < 4.78 is 26.8. The third-order valence-corrected chi connectivity index (χ3v) is 6.46. The molecule has 1 saturated heterocycles. The summed E-state index contributed by atoms with van der Waals surface area (Å²) in [5.41, 5.74) is 3.19. The van der Waals surface area contributed by atoms with Crippen LogP contribution in [0, 0.1) is 13.8 Å². The van der Waals surface area contributed by atoms with Gasteiger partial charge in [0.25, 0.3) is 5.91 Å². The average molecular weight is 358 g/mol. The zero-order valence-corrected chi connectivity index (χ0v) is 15.3. The Morgan fingerprint density at radius 1 is 1.00 bits per heavy atom. The van der Waals surface area contributed by atoms with Gasteiger partial charge in [-0.15, -0.1) is 0 Å². The lowest BCUT2D eigenvalue weighted by Gasteiger charge is -2.16. The van der Waals surface area contributed by atoms with Crippen LogP contribution in [-0.4, -0.2) is 31.7 Å². The van der Waals surface area contributed by atoms with E-state index in [1.165, 1.54) is 10.4 Å². The highest BCUT2D eigenvalue weighted by atomic mass is 32.2. The first-order chi connectivity index (χ1) is 11.9. The van der Waals surface area contributed by atoms with E-state index in [-0.39, 0.29) is 10.8 Å². The normalized spacial score (nSPS) is 15.3. The molecular formula is C19H22N2O3S. The van der Waals surface area contributed by atoms with Crippen molar-refractivity contribution in [1.29, 1.82) is 0 Å². The lowest BCUT2D eigenvalue weighted by atomic mass is 10.1. The molecule has 0 unspecified atom stereocenters. The fourth-order valence-corrected chi connectivity index (χ4v) is 4.46. The second-order valence-electron chi connectivity index (χ2n) is 6.39. The Kier molecular flexibility index (Phi) is 4.92. The van der Waals surface area contributed by atoms with Crippen LogP contribution < -0.4 is 5.32 Å².